The number of methoxy groups -OCH3 is 3. The topological polar surface area (TPSA) is 80.3 Å². The van der Waals surface area contributed by atoms with Gasteiger partial charge < -0.3 is 24.0 Å². The fourth-order valence-corrected chi connectivity index (χ4v) is 3.96. The summed E-state index contributed by atoms with van der Waals surface area (Å²) in [5.74, 6) is 2.25. The van der Waals surface area contributed by atoms with E-state index in [-0.39, 0.29) is 6.03 Å². The Balaban J connectivity index is 1.52. The highest BCUT2D eigenvalue weighted by Crippen LogP contribution is 2.30. The third kappa shape index (κ3) is 4.57. The molecule has 9 nitrogen and oxygen atoms in total. The third-order valence-electron chi connectivity index (χ3n) is 5.77. The average Bonchev–Trinajstić information content (AvgIpc) is 2.88. The Morgan fingerprint density at radius 3 is 2.06 bits per heavy atom. The van der Waals surface area contributed by atoms with Crippen LogP contribution in [0.2, 0.25) is 0 Å². The summed E-state index contributed by atoms with van der Waals surface area (Å²) in [6.45, 7) is 4.93. The molecular weight excluding hydrogens is 422 g/mol. The van der Waals surface area contributed by atoms with Crippen LogP contribution < -0.4 is 24.0 Å². The largest absolute Gasteiger partial charge is 0.497 e. The maximum atomic E-state index is 13.4. The van der Waals surface area contributed by atoms with Crippen LogP contribution in [-0.4, -0.2) is 75.0 Å². The Morgan fingerprint density at radius 1 is 0.909 bits per heavy atom. The van der Waals surface area contributed by atoms with Crippen LogP contribution >= 0.6 is 0 Å². The van der Waals surface area contributed by atoms with Crippen molar-refractivity contribution < 1.29 is 19.0 Å². The molecule has 1 aromatic heterocycles. The Labute approximate surface area is 193 Å². The number of nitrogens with zero attached hydrogens (tertiary/aromatic N) is 5. The minimum absolute atomic E-state index is 0.108. The number of para-hydroxylation sites is 2. The first-order valence-electron chi connectivity index (χ1n) is 10.9. The predicted octanol–water partition coefficient (Wildman–Crippen LogP) is 3.42. The van der Waals surface area contributed by atoms with Crippen LogP contribution in [0.1, 0.15) is 6.92 Å². The summed E-state index contributed by atoms with van der Waals surface area (Å²) in [4.78, 5) is 28.4. The fraction of sp³-hybridized carbons (Fsp3) is 0.375. The average molecular weight is 452 g/mol. The van der Waals surface area contributed by atoms with E-state index < -0.39 is 0 Å². The highest BCUT2D eigenvalue weighted by Gasteiger charge is 2.29. The minimum Gasteiger partial charge on any atom is -0.497 e. The van der Waals surface area contributed by atoms with Gasteiger partial charge in [-0.3, -0.25) is 4.90 Å². The molecule has 0 unspecified atom stereocenters. The second kappa shape index (κ2) is 9.81. The molecule has 1 fully saturated rings. The molecule has 0 bridgehead atoms. The fourth-order valence-electron chi connectivity index (χ4n) is 3.96. The van der Waals surface area contributed by atoms with Gasteiger partial charge in [-0.2, -0.15) is 0 Å². The van der Waals surface area contributed by atoms with Gasteiger partial charge in [-0.1, -0.05) is 12.1 Å². The lowest BCUT2D eigenvalue weighted by molar-refractivity contribution is 0.201. The van der Waals surface area contributed by atoms with Crippen molar-refractivity contribution >= 4 is 28.6 Å². The predicted molar refractivity (Wildman–Crippen MR) is 128 cm³/mol. The number of carbonyl (C=O) groups is 1. The van der Waals surface area contributed by atoms with Gasteiger partial charge in [0.2, 0.25) is 5.82 Å². The zero-order valence-corrected chi connectivity index (χ0v) is 19.4. The van der Waals surface area contributed by atoms with Gasteiger partial charge in [-0.05, 0) is 19.1 Å². The Kier molecular flexibility index (Phi) is 6.67. The lowest BCUT2D eigenvalue weighted by atomic mass is 10.2. The summed E-state index contributed by atoms with van der Waals surface area (Å²) in [6, 6.07) is 13.3. The molecule has 0 radical (unpaired) electrons. The molecular formula is C24H29N5O4. The molecule has 0 N–H and O–H groups in total. The standard InChI is InChI=1S/C24H29N5O4/c1-5-29(22-23(33-4)26-21-9-7-6-8-20(21)25-22)24(30)28-12-10-27(11-13-28)17-14-18(31-2)16-19(15-17)32-3/h6-9,14-16H,5,10-13H2,1-4H3. The molecule has 2 heterocycles. The molecule has 0 saturated carbocycles. The maximum Gasteiger partial charge on any atom is 0.325 e. The van der Waals surface area contributed by atoms with Gasteiger partial charge in [-0.15, -0.1) is 0 Å². The second-order valence-electron chi connectivity index (χ2n) is 7.62. The monoisotopic (exact) mass is 451 g/mol. The van der Waals surface area contributed by atoms with Crippen molar-refractivity contribution in [1.82, 2.24) is 14.9 Å². The zero-order valence-electron chi connectivity index (χ0n) is 19.4. The van der Waals surface area contributed by atoms with Crippen LogP contribution in [0.3, 0.4) is 0 Å². The lowest BCUT2D eigenvalue weighted by Gasteiger charge is -2.38. The molecule has 0 spiro atoms. The van der Waals surface area contributed by atoms with Gasteiger partial charge in [0.15, 0.2) is 0 Å². The van der Waals surface area contributed by atoms with Crippen molar-refractivity contribution in [3.05, 3.63) is 42.5 Å². The zero-order chi connectivity index (χ0) is 23.4. The van der Waals surface area contributed by atoms with Gasteiger partial charge in [0, 0.05) is 56.6 Å². The van der Waals surface area contributed by atoms with Crippen LogP contribution in [0.4, 0.5) is 16.3 Å². The number of piperazine rings is 1. The Morgan fingerprint density at radius 2 is 1.52 bits per heavy atom. The van der Waals surface area contributed by atoms with Crippen LogP contribution in [0.25, 0.3) is 11.0 Å². The second-order valence-corrected chi connectivity index (χ2v) is 7.62. The number of benzene rings is 2. The van der Waals surface area contributed by atoms with Crippen molar-refractivity contribution in [2.24, 2.45) is 0 Å². The number of anilines is 2. The van der Waals surface area contributed by atoms with Gasteiger partial charge in [0.25, 0.3) is 5.88 Å². The first kappa shape index (κ1) is 22.4. The molecule has 3 aromatic rings. The summed E-state index contributed by atoms with van der Waals surface area (Å²) in [6.07, 6.45) is 0. The molecule has 1 aliphatic rings. The molecule has 1 saturated heterocycles. The molecule has 0 aliphatic carbocycles. The van der Waals surface area contributed by atoms with E-state index >= 15 is 0 Å². The quantitative estimate of drug-likeness (QED) is 0.568. The highest BCUT2D eigenvalue weighted by molar-refractivity contribution is 5.93. The smallest absolute Gasteiger partial charge is 0.325 e. The maximum absolute atomic E-state index is 13.4. The normalized spacial score (nSPS) is 13.7. The summed E-state index contributed by atoms with van der Waals surface area (Å²) in [5.41, 5.74) is 2.45. The summed E-state index contributed by atoms with van der Waals surface area (Å²) in [5, 5.41) is 0. The van der Waals surface area contributed by atoms with Crippen molar-refractivity contribution in [2.45, 2.75) is 6.92 Å². The summed E-state index contributed by atoms with van der Waals surface area (Å²) >= 11 is 0. The summed E-state index contributed by atoms with van der Waals surface area (Å²) < 4.78 is 16.3. The van der Waals surface area contributed by atoms with Crippen LogP contribution in [-0.2, 0) is 0 Å². The summed E-state index contributed by atoms with van der Waals surface area (Å²) in [7, 11) is 4.82. The first-order valence-corrected chi connectivity index (χ1v) is 10.9. The highest BCUT2D eigenvalue weighted by atomic mass is 16.5. The van der Waals surface area contributed by atoms with E-state index in [1.54, 1.807) is 26.2 Å². The van der Waals surface area contributed by atoms with Gasteiger partial charge >= 0.3 is 6.03 Å². The first-order chi connectivity index (χ1) is 16.1. The third-order valence-corrected chi connectivity index (χ3v) is 5.77. The Bertz CT molecular complexity index is 1110. The molecule has 174 valence electrons. The van der Waals surface area contributed by atoms with E-state index in [1.165, 1.54) is 0 Å². The Hall–Kier alpha value is -3.75. The molecule has 0 atom stereocenters. The van der Waals surface area contributed by atoms with E-state index in [1.807, 2.05) is 54.3 Å². The molecule has 2 aromatic carbocycles. The van der Waals surface area contributed by atoms with Gasteiger partial charge in [-0.25, -0.2) is 14.8 Å². The van der Waals surface area contributed by atoms with Crippen LogP contribution in [0.15, 0.2) is 42.5 Å². The molecule has 1 aliphatic heterocycles. The van der Waals surface area contributed by atoms with Crippen LogP contribution in [0, 0.1) is 0 Å². The van der Waals surface area contributed by atoms with E-state index in [4.69, 9.17) is 14.2 Å². The van der Waals surface area contributed by atoms with Crippen molar-refractivity contribution in [2.75, 3.05) is 63.9 Å². The van der Waals surface area contributed by atoms with Crippen molar-refractivity contribution in [1.29, 1.82) is 0 Å². The number of hydrogen-bond acceptors (Lipinski definition) is 7. The number of urea groups is 1. The van der Waals surface area contributed by atoms with E-state index in [9.17, 15) is 4.79 Å². The molecule has 33 heavy (non-hydrogen) atoms. The number of rotatable bonds is 6. The minimum atomic E-state index is -0.108. The number of ether oxygens (including phenoxy) is 3. The van der Waals surface area contributed by atoms with E-state index in [0.717, 1.165) is 28.2 Å². The molecule has 2 amide bonds. The van der Waals surface area contributed by atoms with Gasteiger partial charge in [0.1, 0.15) is 11.5 Å². The lowest BCUT2D eigenvalue weighted by Crippen LogP contribution is -2.53. The van der Waals surface area contributed by atoms with E-state index in [0.29, 0.717) is 44.4 Å². The molecule has 4 rings (SSSR count). The SMILES string of the molecule is CCN(C(=O)N1CCN(c2cc(OC)cc(OC)c2)CC1)c1nc2ccccc2nc1OC. The van der Waals surface area contributed by atoms with Crippen molar-refractivity contribution in [3.8, 4) is 17.4 Å². The van der Waals surface area contributed by atoms with Crippen LogP contribution in [0.5, 0.6) is 17.4 Å². The number of amides is 2. The van der Waals surface area contributed by atoms with Gasteiger partial charge in [0.05, 0.1) is 32.4 Å². The number of hydrogen-bond donors (Lipinski definition) is 0. The van der Waals surface area contributed by atoms with Crippen molar-refractivity contribution in [3.63, 3.8) is 0 Å². The van der Waals surface area contributed by atoms with E-state index in [2.05, 4.69) is 14.9 Å². The molecule has 9 heteroatoms. The number of carbonyl (C=O) groups excluding carboxylic acids is 1. The number of fused-ring (bicyclic) bond motifs is 1. The number of aromatic nitrogens is 2.